The average molecular weight is 535 g/mol. The maximum atomic E-state index is 15.2. The van der Waals surface area contributed by atoms with Crippen LogP contribution in [0.25, 0.3) is 22.4 Å². The summed E-state index contributed by atoms with van der Waals surface area (Å²) in [5.74, 6) is -2.32. The number of halogens is 3. The van der Waals surface area contributed by atoms with Gasteiger partial charge in [-0.25, -0.2) is 18.2 Å². The third-order valence-corrected chi connectivity index (χ3v) is 7.44. The molecule has 0 amide bonds. The first-order chi connectivity index (χ1) is 18.6. The van der Waals surface area contributed by atoms with Crippen LogP contribution in [0, 0.1) is 37.2 Å². The molecule has 2 N–H and O–H groups in total. The Kier molecular flexibility index (Phi) is 7.36. The summed E-state index contributed by atoms with van der Waals surface area (Å²) in [4.78, 5) is 21.6. The van der Waals surface area contributed by atoms with E-state index in [0.29, 0.717) is 22.9 Å². The van der Waals surface area contributed by atoms with Gasteiger partial charge in [0.15, 0.2) is 5.78 Å². The van der Waals surface area contributed by atoms with Gasteiger partial charge in [0, 0.05) is 30.4 Å². The van der Waals surface area contributed by atoms with Crippen molar-refractivity contribution in [3.8, 4) is 22.4 Å². The lowest BCUT2D eigenvalue weighted by Gasteiger charge is -2.32. The fraction of sp³-hybridized carbons (Fsp3) is 0.333. The zero-order chi connectivity index (χ0) is 27.8. The molecule has 202 valence electrons. The zero-order valence-corrected chi connectivity index (χ0v) is 22.0. The summed E-state index contributed by atoms with van der Waals surface area (Å²) in [7, 11) is 0. The minimum atomic E-state index is -1.02. The fourth-order valence-electron chi connectivity index (χ4n) is 5.77. The van der Waals surface area contributed by atoms with E-state index in [2.05, 4.69) is 22.0 Å². The summed E-state index contributed by atoms with van der Waals surface area (Å²) < 4.78 is 50.4. The number of hydrogen-bond acceptors (Lipinski definition) is 6. The van der Waals surface area contributed by atoms with Crippen molar-refractivity contribution >= 4 is 5.78 Å². The number of pyridine rings is 2. The summed E-state index contributed by atoms with van der Waals surface area (Å²) in [5, 5.41) is 3.81. The molecule has 9 heteroatoms. The van der Waals surface area contributed by atoms with Crippen LogP contribution in [0.4, 0.5) is 13.2 Å². The number of rotatable bonds is 6. The van der Waals surface area contributed by atoms with Crippen LogP contribution in [-0.2, 0) is 6.42 Å². The molecule has 1 aliphatic carbocycles. The number of aryl methyl sites for hydroxylation is 2. The van der Waals surface area contributed by atoms with Gasteiger partial charge in [-0.3, -0.25) is 9.78 Å². The molecule has 0 spiro atoms. The summed E-state index contributed by atoms with van der Waals surface area (Å²) in [5.41, 5.74) is 7.83. The van der Waals surface area contributed by atoms with Crippen LogP contribution in [0.3, 0.4) is 0 Å². The van der Waals surface area contributed by atoms with Crippen molar-refractivity contribution in [2.24, 2.45) is 11.7 Å². The summed E-state index contributed by atoms with van der Waals surface area (Å²) >= 11 is 0. The second kappa shape index (κ2) is 10.7. The number of hydrogen-bond donors (Lipinski definition) is 1. The average Bonchev–Trinajstić information content (AvgIpc) is 3.22. The van der Waals surface area contributed by atoms with E-state index < -0.39 is 34.5 Å². The first kappa shape index (κ1) is 26.7. The minimum Gasteiger partial charge on any atom is -0.361 e. The lowest BCUT2D eigenvalue weighted by Crippen LogP contribution is -2.31. The Balaban J connectivity index is 1.46. The molecule has 1 fully saturated rings. The first-order valence-corrected chi connectivity index (χ1v) is 12.9. The molecule has 1 aromatic carbocycles. The summed E-state index contributed by atoms with van der Waals surface area (Å²) in [6.07, 6.45) is 6.05. The maximum Gasteiger partial charge on any atom is 0.185 e. The molecule has 0 saturated heterocycles. The third kappa shape index (κ3) is 5.36. The number of nitrogens with two attached hydrogens (primary N) is 1. The molecule has 5 rings (SSSR count). The molecule has 1 saturated carbocycles. The number of benzene rings is 1. The molecule has 0 unspecified atom stereocenters. The van der Waals surface area contributed by atoms with Crippen molar-refractivity contribution in [2.75, 3.05) is 0 Å². The Morgan fingerprint density at radius 3 is 2.44 bits per heavy atom. The number of carbonyl (C=O) groups excluding carboxylic acids is 1. The van der Waals surface area contributed by atoms with Crippen LogP contribution in [0.15, 0.2) is 47.2 Å². The molecule has 6 nitrogen and oxygen atoms in total. The van der Waals surface area contributed by atoms with Crippen LogP contribution in [-0.4, -0.2) is 26.9 Å². The topological polar surface area (TPSA) is 94.9 Å². The standard InChI is InChI=1S/C30H29F3N4O2/c1-15-8-18(10-21(34)9-15)22-6-7-35-14-20(22)13-27(38)26-5-4-23(31)30(36-26)29-24(32)11-19(12-25(29)33)28-16(2)37-39-17(28)3/h4-7,11-12,14-15,18,21H,8-10,13,34H2,1-3H3/t15-,18+,21-/m0/s1. The van der Waals surface area contributed by atoms with Gasteiger partial charge in [0.1, 0.15) is 34.6 Å². The molecule has 1 aliphatic rings. The second-order valence-electron chi connectivity index (χ2n) is 10.5. The predicted octanol–water partition coefficient (Wildman–Crippen LogP) is 6.49. The largest absolute Gasteiger partial charge is 0.361 e. The molecule has 3 aromatic heterocycles. The van der Waals surface area contributed by atoms with Crippen molar-refractivity contribution in [3.05, 3.63) is 88.5 Å². The van der Waals surface area contributed by atoms with E-state index in [1.165, 1.54) is 6.07 Å². The van der Waals surface area contributed by atoms with Gasteiger partial charge >= 0.3 is 0 Å². The van der Waals surface area contributed by atoms with E-state index >= 15 is 8.78 Å². The van der Waals surface area contributed by atoms with E-state index in [0.717, 1.165) is 48.6 Å². The Morgan fingerprint density at radius 1 is 1.03 bits per heavy atom. The van der Waals surface area contributed by atoms with Crippen molar-refractivity contribution in [1.29, 1.82) is 0 Å². The van der Waals surface area contributed by atoms with Crippen molar-refractivity contribution in [1.82, 2.24) is 15.1 Å². The molecule has 0 aliphatic heterocycles. The van der Waals surface area contributed by atoms with E-state index in [1.54, 1.807) is 26.2 Å². The van der Waals surface area contributed by atoms with Crippen molar-refractivity contribution < 1.29 is 22.5 Å². The van der Waals surface area contributed by atoms with Gasteiger partial charge in [0.25, 0.3) is 0 Å². The summed E-state index contributed by atoms with van der Waals surface area (Å²) in [6, 6.07) is 6.39. The lowest BCUT2D eigenvalue weighted by molar-refractivity contribution is 0.0987. The van der Waals surface area contributed by atoms with Gasteiger partial charge in [-0.15, -0.1) is 0 Å². The van der Waals surface area contributed by atoms with Gasteiger partial charge in [-0.2, -0.15) is 0 Å². The van der Waals surface area contributed by atoms with Crippen LogP contribution >= 0.6 is 0 Å². The normalized spacial score (nSPS) is 19.3. The van der Waals surface area contributed by atoms with Crippen LogP contribution in [0.2, 0.25) is 0 Å². The molecule has 39 heavy (non-hydrogen) atoms. The SMILES string of the molecule is Cc1noc(C)c1-c1cc(F)c(-c2nc(C(=O)Cc3cnccc3[C@@H]3C[C@H](C)C[C@H](N)C3)ccc2F)c(F)c1. The molecular formula is C30H29F3N4O2. The fourth-order valence-corrected chi connectivity index (χ4v) is 5.77. The van der Waals surface area contributed by atoms with Crippen molar-refractivity contribution in [2.45, 2.75) is 58.4 Å². The van der Waals surface area contributed by atoms with E-state index in [9.17, 15) is 9.18 Å². The second-order valence-corrected chi connectivity index (χ2v) is 10.5. The smallest absolute Gasteiger partial charge is 0.185 e. The van der Waals surface area contributed by atoms with E-state index in [4.69, 9.17) is 10.3 Å². The Morgan fingerprint density at radius 2 is 1.77 bits per heavy atom. The highest BCUT2D eigenvalue weighted by Gasteiger charge is 2.28. The van der Waals surface area contributed by atoms with Gasteiger partial charge in [0.2, 0.25) is 0 Å². The third-order valence-electron chi connectivity index (χ3n) is 7.44. The Labute approximate surface area is 224 Å². The predicted molar refractivity (Wildman–Crippen MR) is 141 cm³/mol. The van der Waals surface area contributed by atoms with Gasteiger partial charge in [-0.05, 0) is 92.0 Å². The molecule has 3 atom stereocenters. The van der Waals surface area contributed by atoms with Gasteiger partial charge in [0.05, 0.1) is 11.3 Å². The quantitative estimate of drug-likeness (QED) is 0.284. The highest BCUT2D eigenvalue weighted by Crippen LogP contribution is 2.37. The van der Waals surface area contributed by atoms with Crippen molar-refractivity contribution in [3.63, 3.8) is 0 Å². The molecular weight excluding hydrogens is 505 g/mol. The molecule has 0 radical (unpaired) electrons. The van der Waals surface area contributed by atoms with E-state index in [1.807, 2.05) is 6.07 Å². The maximum absolute atomic E-state index is 15.2. The molecule has 0 bridgehead atoms. The van der Waals surface area contributed by atoms with E-state index in [-0.39, 0.29) is 29.6 Å². The molecule has 4 aromatic rings. The Hall–Kier alpha value is -3.85. The number of carbonyl (C=O) groups is 1. The zero-order valence-electron chi connectivity index (χ0n) is 22.0. The number of aromatic nitrogens is 3. The number of Topliss-reactive ketones (excluding diaryl/α,β-unsaturated/α-hetero) is 1. The monoisotopic (exact) mass is 534 g/mol. The highest BCUT2D eigenvalue weighted by molar-refractivity contribution is 5.96. The number of ketones is 1. The van der Waals surface area contributed by atoms with Gasteiger partial charge in [-0.1, -0.05) is 12.1 Å². The minimum absolute atomic E-state index is 0.0304. The van der Waals surface area contributed by atoms with Crippen LogP contribution in [0.5, 0.6) is 0 Å². The highest BCUT2D eigenvalue weighted by atomic mass is 19.1. The molecule has 3 heterocycles. The first-order valence-electron chi connectivity index (χ1n) is 12.9. The Bertz CT molecular complexity index is 1500. The lowest BCUT2D eigenvalue weighted by atomic mass is 9.75. The summed E-state index contributed by atoms with van der Waals surface area (Å²) in [6.45, 7) is 5.45. The van der Waals surface area contributed by atoms with Crippen LogP contribution in [0.1, 0.15) is 65.2 Å². The van der Waals surface area contributed by atoms with Gasteiger partial charge < -0.3 is 10.3 Å². The number of nitrogens with zero attached hydrogens (tertiary/aromatic N) is 3. The van der Waals surface area contributed by atoms with Crippen LogP contribution < -0.4 is 5.73 Å².